The molecule has 0 aliphatic heterocycles. The first-order valence-corrected chi connectivity index (χ1v) is 8.11. The highest BCUT2D eigenvalue weighted by atomic mass is 35.5. The van der Waals surface area contributed by atoms with Crippen molar-refractivity contribution in [2.24, 2.45) is 0 Å². The third-order valence-electron chi connectivity index (χ3n) is 3.38. The summed E-state index contributed by atoms with van der Waals surface area (Å²) >= 11 is 6.30. The number of nitrogens with one attached hydrogen (secondary N) is 2. The third-order valence-corrected chi connectivity index (χ3v) is 3.69. The van der Waals surface area contributed by atoms with E-state index in [1.54, 1.807) is 6.20 Å². The van der Waals surface area contributed by atoms with Gasteiger partial charge in [-0.3, -0.25) is 4.98 Å². The van der Waals surface area contributed by atoms with Gasteiger partial charge >= 0.3 is 0 Å². The summed E-state index contributed by atoms with van der Waals surface area (Å²) < 4.78 is 0. The van der Waals surface area contributed by atoms with Gasteiger partial charge in [0.1, 0.15) is 5.82 Å². The summed E-state index contributed by atoms with van der Waals surface area (Å²) in [7, 11) is 0. The van der Waals surface area contributed by atoms with Crippen molar-refractivity contribution >= 4 is 29.1 Å². The number of pyridine rings is 1. The van der Waals surface area contributed by atoms with Gasteiger partial charge in [-0.2, -0.15) is 4.98 Å². The highest BCUT2D eigenvalue weighted by Gasteiger charge is 2.09. The van der Waals surface area contributed by atoms with Crippen molar-refractivity contribution < 1.29 is 0 Å². The predicted octanol–water partition coefficient (Wildman–Crippen LogP) is 4.68. The van der Waals surface area contributed by atoms with Crippen LogP contribution in [0.3, 0.4) is 0 Å². The van der Waals surface area contributed by atoms with Gasteiger partial charge in [0.25, 0.3) is 0 Å². The standard InChI is InChI=1S/C18H18ClN5/c1-3-20-18-23-16(15-6-4-5-9-21-15)11-17(24-18)22-14-8-7-12(2)10-13(14)19/h4-11H,3H2,1-2H3,(H2,20,22,23,24). The molecule has 0 aliphatic carbocycles. The summed E-state index contributed by atoms with van der Waals surface area (Å²) in [5, 5.41) is 7.05. The Kier molecular flexibility index (Phi) is 4.91. The third kappa shape index (κ3) is 3.81. The maximum atomic E-state index is 6.30. The quantitative estimate of drug-likeness (QED) is 0.707. The van der Waals surface area contributed by atoms with Crippen LogP contribution in [0.5, 0.6) is 0 Å². The average molecular weight is 340 g/mol. The first-order valence-electron chi connectivity index (χ1n) is 7.73. The zero-order valence-electron chi connectivity index (χ0n) is 13.5. The topological polar surface area (TPSA) is 62.7 Å². The molecule has 122 valence electrons. The van der Waals surface area contributed by atoms with E-state index in [0.29, 0.717) is 16.8 Å². The molecule has 24 heavy (non-hydrogen) atoms. The Labute approximate surface area is 146 Å². The molecule has 6 heteroatoms. The van der Waals surface area contributed by atoms with Gasteiger partial charge in [0.15, 0.2) is 0 Å². The lowest BCUT2D eigenvalue weighted by Crippen LogP contribution is -2.06. The van der Waals surface area contributed by atoms with Crippen molar-refractivity contribution in [1.82, 2.24) is 15.0 Å². The molecule has 0 saturated heterocycles. The fraction of sp³-hybridized carbons (Fsp3) is 0.167. The van der Waals surface area contributed by atoms with Crippen molar-refractivity contribution in [2.75, 3.05) is 17.2 Å². The Morgan fingerprint density at radius 2 is 1.92 bits per heavy atom. The van der Waals surface area contributed by atoms with E-state index in [1.165, 1.54) is 0 Å². The summed E-state index contributed by atoms with van der Waals surface area (Å²) in [5.41, 5.74) is 3.44. The molecule has 0 spiro atoms. The molecule has 0 amide bonds. The molecule has 0 bridgehead atoms. The second kappa shape index (κ2) is 7.27. The van der Waals surface area contributed by atoms with Gasteiger partial charge in [-0.05, 0) is 43.7 Å². The fourth-order valence-electron chi connectivity index (χ4n) is 2.25. The second-order valence-corrected chi connectivity index (χ2v) is 5.72. The van der Waals surface area contributed by atoms with Crippen LogP contribution in [-0.4, -0.2) is 21.5 Å². The molecule has 1 aromatic carbocycles. The lowest BCUT2D eigenvalue weighted by molar-refractivity contribution is 1.08. The monoisotopic (exact) mass is 339 g/mol. The van der Waals surface area contributed by atoms with Crippen molar-refractivity contribution in [3.05, 3.63) is 59.2 Å². The largest absolute Gasteiger partial charge is 0.354 e. The SMILES string of the molecule is CCNc1nc(Nc2ccc(C)cc2Cl)cc(-c2ccccn2)n1. The second-order valence-electron chi connectivity index (χ2n) is 5.32. The highest BCUT2D eigenvalue weighted by molar-refractivity contribution is 6.33. The zero-order chi connectivity index (χ0) is 16.9. The van der Waals surface area contributed by atoms with Crippen molar-refractivity contribution in [3.8, 4) is 11.4 Å². The van der Waals surface area contributed by atoms with E-state index in [4.69, 9.17) is 11.6 Å². The lowest BCUT2D eigenvalue weighted by Gasteiger charge is -2.12. The molecule has 2 N–H and O–H groups in total. The van der Waals surface area contributed by atoms with Crippen LogP contribution in [0.1, 0.15) is 12.5 Å². The molecule has 2 heterocycles. The van der Waals surface area contributed by atoms with Crippen LogP contribution >= 0.6 is 11.6 Å². The minimum absolute atomic E-state index is 0.548. The fourth-order valence-corrected chi connectivity index (χ4v) is 2.54. The molecule has 0 fully saturated rings. The number of aryl methyl sites for hydroxylation is 1. The van der Waals surface area contributed by atoms with Gasteiger partial charge in [0.2, 0.25) is 5.95 Å². The predicted molar refractivity (Wildman–Crippen MR) is 98.9 cm³/mol. The van der Waals surface area contributed by atoms with Gasteiger partial charge in [-0.15, -0.1) is 0 Å². The van der Waals surface area contributed by atoms with Crippen LogP contribution in [0.15, 0.2) is 48.7 Å². The van der Waals surface area contributed by atoms with Crippen LogP contribution in [0.4, 0.5) is 17.5 Å². The molecule has 3 aromatic rings. The molecule has 0 radical (unpaired) electrons. The molecule has 0 atom stereocenters. The first kappa shape index (κ1) is 16.2. The Balaban J connectivity index is 1.99. The Morgan fingerprint density at radius 3 is 2.62 bits per heavy atom. The number of aromatic nitrogens is 3. The van der Waals surface area contributed by atoms with Crippen LogP contribution in [0.25, 0.3) is 11.4 Å². The molecular weight excluding hydrogens is 322 g/mol. The van der Waals surface area contributed by atoms with Crippen LogP contribution in [0, 0.1) is 6.92 Å². The van der Waals surface area contributed by atoms with Gasteiger partial charge in [0.05, 0.1) is 22.1 Å². The van der Waals surface area contributed by atoms with E-state index in [-0.39, 0.29) is 0 Å². The van der Waals surface area contributed by atoms with Gasteiger partial charge < -0.3 is 10.6 Å². The number of hydrogen-bond donors (Lipinski definition) is 2. The summed E-state index contributed by atoms with van der Waals surface area (Å²) in [4.78, 5) is 13.4. The smallest absolute Gasteiger partial charge is 0.225 e. The lowest BCUT2D eigenvalue weighted by atomic mass is 10.2. The summed E-state index contributed by atoms with van der Waals surface area (Å²) in [6, 6.07) is 13.4. The summed E-state index contributed by atoms with van der Waals surface area (Å²) in [6.45, 7) is 4.74. The van der Waals surface area contributed by atoms with Crippen LogP contribution < -0.4 is 10.6 Å². The minimum atomic E-state index is 0.548. The van der Waals surface area contributed by atoms with Crippen molar-refractivity contribution in [3.63, 3.8) is 0 Å². The molecule has 0 saturated carbocycles. The maximum Gasteiger partial charge on any atom is 0.225 e. The molecule has 0 unspecified atom stereocenters. The van der Waals surface area contributed by atoms with Gasteiger partial charge in [0, 0.05) is 18.8 Å². The van der Waals surface area contributed by atoms with E-state index in [2.05, 4.69) is 25.6 Å². The maximum absolute atomic E-state index is 6.30. The van der Waals surface area contributed by atoms with E-state index < -0.39 is 0 Å². The summed E-state index contributed by atoms with van der Waals surface area (Å²) in [6.07, 6.45) is 1.74. The van der Waals surface area contributed by atoms with Gasteiger partial charge in [-0.1, -0.05) is 23.7 Å². The minimum Gasteiger partial charge on any atom is -0.354 e. The van der Waals surface area contributed by atoms with E-state index >= 15 is 0 Å². The summed E-state index contributed by atoms with van der Waals surface area (Å²) in [5.74, 6) is 1.21. The van der Waals surface area contributed by atoms with Crippen molar-refractivity contribution in [1.29, 1.82) is 0 Å². The van der Waals surface area contributed by atoms with Crippen LogP contribution in [0.2, 0.25) is 5.02 Å². The zero-order valence-corrected chi connectivity index (χ0v) is 14.3. The van der Waals surface area contributed by atoms with E-state index in [0.717, 1.165) is 29.2 Å². The number of halogens is 1. The Bertz CT molecular complexity index is 836. The van der Waals surface area contributed by atoms with E-state index in [1.807, 2.05) is 56.3 Å². The van der Waals surface area contributed by atoms with Gasteiger partial charge in [-0.25, -0.2) is 4.98 Å². The molecular formula is C18H18ClN5. The molecule has 0 aliphatic rings. The number of rotatable bonds is 5. The average Bonchev–Trinajstić information content (AvgIpc) is 2.58. The molecule has 5 nitrogen and oxygen atoms in total. The van der Waals surface area contributed by atoms with Crippen LogP contribution in [-0.2, 0) is 0 Å². The Hall–Kier alpha value is -2.66. The van der Waals surface area contributed by atoms with Crippen molar-refractivity contribution in [2.45, 2.75) is 13.8 Å². The highest BCUT2D eigenvalue weighted by Crippen LogP contribution is 2.27. The first-order chi connectivity index (χ1) is 11.7. The number of anilines is 3. The number of benzene rings is 1. The number of hydrogen-bond acceptors (Lipinski definition) is 5. The normalized spacial score (nSPS) is 10.5. The molecule has 3 rings (SSSR count). The Morgan fingerprint density at radius 1 is 1.04 bits per heavy atom. The molecule has 2 aromatic heterocycles. The number of nitrogens with zero attached hydrogens (tertiary/aromatic N) is 3. The van der Waals surface area contributed by atoms with E-state index in [9.17, 15) is 0 Å².